The lowest BCUT2D eigenvalue weighted by atomic mass is 9.75. The van der Waals surface area contributed by atoms with Gasteiger partial charge in [-0.2, -0.15) is 0 Å². The summed E-state index contributed by atoms with van der Waals surface area (Å²) < 4.78 is 0. The maximum atomic E-state index is 11.9. The van der Waals surface area contributed by atoms with Gasteiger partial charge in [0.25, 0.3) is 0 Å². The number of thioether (sulfide) groups is 2. The monoisotopic (exact) mass is 362 g/mol. The minimum Gasteiger partial charge on any atom is -0.312 e. The summed E-state index contributed by atoms with van der Waals surface area (Å²) in [6.45, 7) is 7.36. The lowest BCUT2D eigenvalue weighted by Crippen LogP contribution is -2.27. The molecule has 3 rings (SSSR count). The summed E-state index contributed by atoms with van der Waals surface area (Å²) in [5, 5.41) is 4.47. The zero-order chi connectivity index (χ0) is 17.2. The molecule has 130 valence electrons. The van der Waals surface area contributed by atoms with Gasteiger partial charge in [-0.25, -0.2) is 0 Å². The second-order valence-electron chi connectivity index (χ2n) is 7.35. The molecule has 0 aromatic heterocycles. The SMILES string of the molecule is CS/C(C1=NCC2=C(CNCC2)S1)=C(/C=O)C1=CCCC(C)(C)C1. The number of nitrogens with one attached hydrogen (secondary N) is 1. The van der Waals surface area contributed by atoms with Gasteiger partial charge < -0.3 is 5.32 Å². The van der Waals surface area contributed by atoms with Crippen LogP contribution in [-0.4, -0.2) is 37.2 Å². The molecule has 0 fully saturated rings. The van der Waals surface area contributed by atoms with Crippen molar-refractivity contribution in [2.24, 2.45) is 10.4 Å². The highest BCUT2D eigenvalue weighted by atomic mass is 32.2. The number of nitrogens with zero attached hydrogens (tertiary/aromatic N) is 1. The molecule has 0 saturated heterocycles. The molecule has 0 radical (unpaired) electrons. The standard InChI is InChI=1S/C19H26N2OS2/c1-19(2)7-4-5-13(9-19)15(12-22)17(23-3)18-21-10-14-6-8-20-11-16(14)24-18/h5,12,20H,4,6-11H2,1-3H3/b17-15-. The maximum Gasteiger partial charge on any atom is 0.151 e. The minimum atomic E-state index is 0.270. The van der Waals surface area contributed by atoms with E-state index in [1.165, 1.54) is 22.5 Å². The van der Waals surface area contributed by atoms with Crippen LogP contribution in [0.25, 0.3) is 0 Å². The molecule has 0 atom stereocenters. The van der Waals surface area contributed by atoms with Crippen molar-refractivity contribution < 1.29 is 4.79 Å². The number of rotatable bonds is 4. The molecule has 5 heteroatoms. The molecule has 2 aliphatic heterocycles. The Bertz CT molecular complexity index is 656. The first-order valence-electron chi connectivity index (χ1n) is 8.61. The normalized spacial score (nSPS) is 24.6. The van der Waals surface area contributed by atoms with Gasteiger partial charge in [0, 0.05) is 21.9 Å². The van der Waals surface area contributed by atoms with Crippen LogP contribution in [0.3, 0.4) is 0 Å². The van der Waals surface area contributed by atoms with E-state index in [1.54, 1.807) is 23.5 Å². The molecule has 0 aromatic carbocycles. The Hall–Kier alpha value is -0.780. The second-order valence-corrected chi connectivity index (χ2v) is 9.25. The average molecular weight is 363 g/mol. The van der Waals surface area contributed by atoms with Crippen molar-refractivity contribution in [1.29, 1.82) is 0 Å². The number of allylic oxidation sites excluding steroid dienone is 3. The Morgan fingerprint density at radius 3 is 3.00 bits per heavy atom. The van der Waals surface area contributed by atoms with E-state index in [1.807, 2.05) is 0 Å². The van der Waals surface area contributed by atoms with Crippen LogP contribution in [0, 0.1) is 5.41 Å². The number of hydrogen-bond donors (Lipinski definition) is 1. The van der Waals surface area contributed by atoms with E-state index in [0.717, 1.165) is 60.7 Å². The topological polar surface area (TPSA) is 41.5 Å². The highest BCUT2D eigenvalue weighted by Crippen LogP contribution is 2.41. The van der Waals surface area contributed by atoms with Crippen LogP contribution in [0.15, 0.2) is 37.6 Å². The third kappa shape index (κ3) is 3.89. The third-order valence-electron chi connectivity index (χ3n) is 4.90. The Morgan fingerprint density at radius 2 is 2.29 bits per heavy atom. The molecule has 1 N–H and O–H groups in total. The predicted molar refractivity (Wildman–Crippen MR) is 107 cm³/mol. The lowest BCUT2D eigenvalue weighted by Gasteiger charge is -2.31. The van der Waals surface area contributed by atoms with Gasteiger partial charge in [0.2, 0.25) is 0 Å². The molecule has 0 unspecified atom stereocenters. The van der Waals surface area contributed by atoms with Crippen LogP contribution < -0.4 is 5.32 Å². The summed E-state index contributed by atoms with van der Waals surface area (Å²) in [5.41, 5.74) is 3.80. The molecular formula is C19H26N2OS2. The van der Waals surface area contributed by atoms with E-state index in [0.29, 0.717) is 0 Å². The molecule has 0 spiro atoms. The second kappa shape index (κ2) is 7.63. The Morgan fingerprint density at radius 1 is 1.46 bits per heavy atom. The van der Waals surface area contributed by atoms with Crippen molar-refractivity contribution in [3.63, 3.8) is 0 Å². The van der Waals surface area contributed by atoms with Gasteiger partial charge in [0.15, 0.2) is 6.29 Å². The van der Waals surface area contributed by atoms with Gasteiger partial charge in [-0.3, -0.25) is 9.79 Å². The van der Waals surface area contributed by atoms with E-state index >= 15 is 0 Å². The molecule has 24 heavy (non-hydrogen) atoms. The van der Waals surface area contributed by atoms with E-state index in [2.05, 4.69) is 31.5 Å². The van der Waals surface area contributed by atoms with E-state index in [-0.39, 0.29) is 5.41 Å². The first-order valence-corrected chi connectivity index (χ1v) is 10.7. The summed E-state index contributed by atoms with van der Waals surface area (Å²) in [4.78, 5) is 19.2. The Labute approximate surface area is 153 Å². The highest BCUT2D eigenvalue weighted by molar-refractivity contribution is 8.20. The average Bonchev–Trinajstić information content (AvgIpc) is 2.58. The molecule has 0 amide bonds. The van der Waals surface area contributed by atoms with Crippen molar-refractivity contribution in [3.8, 4) is 0 Å². The molecule has 0 aromatic rings. The number of aldehydes is 1. The molecule has 3 nitrogen and oxygen atoms in total. The largest absolute Gasteiger partial charge is 0.312 e. The third-order valence-corrected chi connectivity index (χ3v) is 7.06. The highest BCUT2D eigenvalue weighted by Gasteiger charge is 2.28. The van der Waals surface area contributed by atoms with E-state index in [4.69, 9.17) is 4.99 Å². The van der Waals surface area contributed by atoms with Crippen molar-refractivity contribution in [2.75, 3.05) is 25.9 Å². The van der Waals surface area contributed by atoms with Crippen molar-refractivity contribution in [1.82, 2.24) is 5.32 Å². The number of aliphatic imine (C=N–C) groups is 1. The molecular weight excluding hydrogens is 336 g/mol. The lowest BCUT2D eigenvalue weighted by molar-refractivity contribution is -0.104. The zero-order valence-corrected chi connectivity index (χ0v) is 16.4. The van der Waals surface area contributed by atoms with Gasteiger partial charge in [-0.15, -0.1) is 11.8 Å². The molecule has 1 aliphatic carbocycles. The Balaban J connectivity index is 1.91. The Kier molecular flexibility index (Phi) is 5.73. The summed E-state index contributed by atoms with van der Waals surface area (Å²) in [6, 6.07) is 0. The van der Waals surface area contributed by atoms with Crippen molar-refractivity contribution in [2.45, 2.75) is 39.5 Å². The molecule has 2 heterocycles. The van der Waals surface area contributed by atoms with Gasteiger partial charge in [0.05, 0.1) is 6.54 Å². The van der Waals surface area contributed by atoms with Gasteiger partial charge >= 0.3 is 0 Å². The van der Waals surface area contributed by atoms with Gasteiger partial charge in [-0.05, 0) is 55.0 Å². The molecule has 0 bridgehead atoms. The van der Waals surface area contributed by atoms with Crippen molar-refractivity contribution in [3.05, 3.63) is 32.6 Å². The smallest absolute Gasteiger partial charge is 0.151 e. The van der Waals surface area contributed by atoms with Crippen molar-refractivity contribution >= 4 is 34.9 Å². The molecule has 3 aliphatic rings. The predicted octanol–water partition coefficient (Wildman–Crippen LogP) is 4.33. The van der Waals surface area contributed by atoms with E-state index < -0.39 is 0 Å². The zero-order valence-electron chi connectivity index (χ0n) is 14.8. The molecule has 0 saturated carbocycles. The maximum absolute atomic E-state index is 11.9. The summed E-state index contributed by atoms with van der Waals surface area (Å²) in [6.07, 6.45) is 9.67. The van der Waals surface area contributed by atoms with E-state index in [9.17, 15) is 4.79 Å². The van der Waals surface area contributed by atoms with Crippen LogP contribution in [0.1, 0.15) is 39.5 Å². The quantitative estimate of drug-likeness (QED) is 0.597. The van der Waals surface area contributed by atoms with Crippen LogP contribution in [0.2, 0.25) is 0 Å². The number of hydrogen-bond acceptors (Lipinski definition) is 5. The number of carbonyl (C=O) groups is 1. The van der Waals surface area contributed by atoms with Crippen LogP contribution >= 0.6 is 23.5 Å². The van der Waals surface area contributed by atoms with Crippen LogP contribution in [0.5, 0.6) is 0 Å². The number of carbonyl (C=O) groups excluding carboxylic acids is 1. The van der Waals surface area contributed by atoms with Crippen LogP contribution in [-0.2, 0) is 4.79 Å². The summed E-state index contributed by atoms with van der Waals surface area (Å²) >= 11 is 3.41. The summed E-state index contributed by atoms with van der Waals surface area (Å²) in [7, 11) is 0. The van der Waals surface area contributed by atoms with Gasteiger partial charge in [-0.1, -0.05) is 31.7 Å². The van der Waals surface area contributed by atoms with Crippen LogP contribution in [0.4, 0.5) is 0 Å². The fraction of sp³-hybridized carbons (Fsp3) is 0.579. The minimum absolute atomic E-state index is 0.270. The first kappa shape index (κ1) is 18.0. The fourth-order valence-corrected chi connectivity index (χ4v) is 5.59. The van der Waals surface area contributed by atoms with Gasteiger partial charge in [0.1, 0.15) is 5.04 Å². The summed E-state index contributed by atoms with van der Waals surface area (Å²) in [5.74, 6) is 0. The first-order chi connectivity index (χ1) is 11.5. The fourth-order valence-electron chi connectivity index (χ4n) is 3.52.